The molecule has 0 atom stereocenters. The molecule has 0 aliphatic carbocycles. The molecule has 0 aromatic carbocycles. The van der Waals surface area contributed by atoms with Crippen molar-refractivity contribution in [2.24, 2.45) is 0 Å². The number of likely N-dealkylation sites (tertiary alicyclic amines) is 1. The summed E-state index contributed by atoms with van der Waals surface area (Å²) in [7, 11) is 0. The fourth-order valence-corrected chi connectivity index (χ4v) is 3.80. The van der Waals surface area contributed by atoms with Crippen LogP contribution in [0.1, 0.15) is 46.5 Å². The van der Waals surface area contributed by atoms with Crippen LogP contribution in [0.3, 0.4) is 0 Å². The summed E-state index contributed by atoms with van der Waals surface area (Å²) in [4.78, 5) is 14.0. The molecular formula is C16H28INO4. The molecule has 5 nitrogen and oxygen atoms in total. The SMILES string of the molecule is CC(C)(C)OC(=O)N1CCC(CI)(OC2CCOCC2)CC1. The third kappa shape index (κ3) is 5.23. The minimum Gasteiger partial charge on any atom is -0.444 e. The molecule has 1 amide bonds. The maximum Gasteiger partial charge on any atom is 0.410 e. The van der Waals surface area contributed by atoms with Gasteiger partial charge in [-0.15, -0.1) is 0 Å². The smallest absolute Gasteiger partial charge is 0.410 e. The van der Waals surface area contributed by atoms with Crippen molar-refractivity contribution in [3.63, 3.8) is 0 Å². The van der Waals surface area contributed by atoms with E-state index in [2.05, 4.69) is 22.6 Å². The maximum atomic E-state index is 12.1. The Morgan fingerprint density at radius 1 is 1.27 bits per heavy atom. The van der Waals surface area contributed by atoms with Gasteiger partial charge in [0.15, 0.2) is 0 Å². The molecule has 0 radical (unpaired) electrons. The topological polar surface area (TPSA) is 48.0 Å². The molecule has 2 aliphatic rings. The third-order valence-corrected chi connectivity index (χ3v) is 5.55. The summed E-state index contributed by atoms with van der Waals surface area (Å²) in [5.41, 5.74) is -0.533. The highest BCUT2D eigenvalue weighted by Gasteiger charge is 2.39. The Hall–Kier alpha value is -0.0800. The number of piperidine rings is 1. The van der Waals surface area contributed by atoms with Crippen LogP contribution in [0, 0.1) is 0 Å². The molecule has 0 aromatic rings. The van der Waals surface area contributed by atoms with Crippen molar-refractivity contribution in [3.8, 4) is 0 Å². The fraction of sp³-hybridized carbons (Fsp3) is 0.938. The van der Waals surface area contributed by atoms with Gasteiger partial charge in [0.05, 0.1) is 11.7 Å². The molecule has 0 bridgehead atoms. The van der Waals surface area contributed by atoms with Gasteiger partial charge >= 0.3 is 6.09 Å². The van der Waals surface area contributed by atoms with Crippen molar-refractivity contribution in [2.45, 2.75) is 63.8 Å². The minimum atomic E-state index is -0.437. The Kier molecular flexibility index (Phi) is 6.36. The molecular weight excluding hydrogens is 397 g/mol. The van der Waals surface area contributed by atoms with Crippen LogP contribution >= 0.6 is 22.6 Å². The number of ether oxygens (including phenoxy) is 3. The molecule has 22 heavy (non-hydrogen) atoms. The quantitative estimate of drug-likeness (QED) is 0.514. The van der Waals surface area contributed by atoms with Crippen LogP contribution in [0.4, 0.5) is 4.79 Å². The van der Waals surface area contributed by atoms with Gasteiger partial charge in [0.2, 0.25) is 0 Å². The fourth-order valence-electron chi connectivity index (χ4n) is 2.85. The first kappa shape index (κ1) is 18.3. The second-order valence-electron chi connectivity index (χ2n) is 7.21. The third-order valence-electron chi connectivity index (χ3n) is 4.15. The van der Waals surface area contributed by atoms with E-state index in [1.807, 2.05) is 25.7 Å². The van der Waals surface area contributed by atoms with E-state index < -0.39 is 5.60 Å². The normalized spacial score (nSPS) is 23.4. The van der Waals surface area contributed by atoms with Crippen LogP contribution in [0.25, 0.3) is 0 Å². The molecule has 0 N–H and O–H groups in total. The van der Waals surface area contributed by atoms with Crippen molar-refractivity contribution in [1.29, 1.82) is 0 Å². The molecule has 2 fully saturated rings. The number of halogens is 1. The molecule has 2 aliphatic heterocycles. The van der Waals surface area contributed by atoms with Crippen LogP contribution in [0.15, 0.2) is 0 Å². The highest BCUT2D eigenvalue weighted by atomic mass is 127. The highest BCUT2D eigenvalue weighted by Crippen LogP contribution is 2.32. The summed E-state index contributed by atoms with van der Waals surface area (Å²) in [5, 5.41) is 0. The summed E-state index contributed by atoms with van der Waals surface area (Å²) in [5.74, 6) is 0. The Labute approximate surface area is 147 Å². The largest absolute Gasteiger partial charge is 0.444 e. The molecule has 0 aromatic heterocycles. The summed E-state index contributed by atoms with van der Waals surface area (Å²) in [6, 6.07) is 0. The van der Waals surface area contributed by atoms with Gasteiger partial charge in [-0.05, 0) is 46.5 Å². The van der Waals surface area contributed by atoms with Gasteiger partial charge < -0.3 is 19.1 Å². The van der Waals surface area contributed by atoms with Crippen molar-refractivity contribution in [3.05, 3.63) is 0 Å². The summed E-state index contributed by atoms with van der Waals surface area (Å²) in [6.07, 6.45) is 3.82. The molecule has 6 heteroatoms. The van der Waals surface area contributed by atoms with Crippen LogP contribution in [-0.4, -0.2) is 59.0 Å². The predicted octanol–water partition coefficient (Wildman–Crippen LogP) is 3.39. The lowest BCUT2D eigenvalue weighted by Crippen LogP contribution is -2.51. The molecule has 0 saturated carbocycles. The zero-order valence-corrected chi connectivity index (χ0v) is 16.1. The average molecular weight is 425 g/mol. The molecule has 2 heterocycles. The van der Waals surface area contributed by atoms with Crippen molar-refractivity contribution >= 4 is 28.7 Å². The van der Waals surface area contributed by atoms with Crippen molar-refractivity contribution < 1.29 is 19.0 Å². The first-order valence-corrected chi connectivity index (χ1v) is 9.66. The maximum absolute atomic E-state index is 12.1. The number of carbonyl (C=O) groups is 1. The zero-order valence-electron chi connectivity index (χ0n) is 13.9. The number of nitrogens with zero attached hydrogens (tertiary/aromatic N) is 1. The lowest BCUT2D eigenvalue weighted by Gasteiger charge is -2.43. The van der Waals surface area contributed by atoms with Gasteiger partial charge in [-0.2, -0.15) is 0 Å². The van der Waals surface area contributed by atoms with E-state index in [1.165, 1.54) is 0 Å². The van der Waals surface area contributed by atoms with E-state index in [0.29, 0.717) is 19.2 Å². The average Bonchev–Trinajstić information content (AvgIpc) is 2.47. The standard InChI is InChI=1S/C16H28INO4/c1-15(2,3)22-14(19)18-8-6-16(12-17,7-9-18)21-13-4-10-20-11-5-13/h13H,4-12H2,1-3H3. The Morgan fingerprint density at radius 2 is 1.86 bits per heavy atom. The van der Waals surface area contributed by atoms with Crippen LogP contribution < -0.4 is 0 Å². The van der Waals surface area contributed by atoms with Crippen molar-refractivity contribution in [2.75, 3.05) is 30.7 Å². The molecule has 0 unspecified atom stereocenters. The van der Waals surface area contributed by atoms with Crippen LogP contribution in [0.5, 0.6) is 0 Å². The minimum absolute atomic E-state index is 0.0962. The van der Waals surface area contributed by atoms with Gasteiger partial charge in [-0.25, -0.2) is 4.79 Å². The van der Waals surface area contributed by atoms with Gasteiger partial charge in [0.25, 0.3) is 0 Å². The van der Waals surface area contributed by atoms with Gasteiger partial charge in [0.1, 0.15) is 5.60 Å². The number of hydrogen-bond acceptors (Lipinski definition) is 4. The number of rotatable bonds is 3. The molecule has 0 spiro atoms. The first-order valence-electron chi connectivity index (χ1n) is 8.13. The Bertz CT molecular complexity index is 369. The molecule has 2 rings (SSSR count). The monoisotopic (exact) mass is 425 g/mol. The molecule has 2 saturated heterocycles. The van der Waals surface area contributed by atoms with E-state index in [1.54, 1.807) is 0 Å². The van der Waals surface area contributed by atoms with E-state index in [-0.39, 0.29) is 11.7 Å². The van der Waals surface area contributed by atoms with E-state index in [9.17, 15) is 4.79 Å². The zero-order chi connectivity index (χ0) is 16.2. The molecule has 128 valence electrons. The van der Waals surface area contributed by atoms with E-state index >= 15 is 0 Å². The van der Waals surface area contributed by atoms with E-state index in [0.717, 1.165) is 43.3 Å². The van der Waals surface area contributed by atoms with Crippen LogP contribution in [0.2, 0.25) is 0 Å². The summed E-state index contributed by atoms with van der Waals surface area (Å²) in [6.45, 7) is 8.72. The second-order valence-corrected chi connectivity index (χ2v) is 7.98. The summed E-state index contributed by atoms with van der Waals surface area (Å²) < 4.78 is 18.3. The lowest BCUT2D eigenvalue weighted by molar-refractivity contribution is -0.133. The number of alkyl halides is 1. The van der Waals surface area contributed by atoms with Gasteiger partial charge in [0, 0.05) is 30.7 Å². The number of amides is 1. The Balaban J connectivity index is 1.86. The van der Waals surface area contributed by atoms with Crippen LogP contribution in [-0.2, 0) is 14.2 Å². The van der Waals surface area contributed by atoms with Gasteiger partial charge in [-0.3, -0.25) is 0 Å². The van der Waals surface area contributed by atoms with E-state index in [4.69, 9.17) is 14.2 Å². The predicted molar refractivity (Wildman–Crippen MR) is 93.6 cm³/mol. The summed E-state index contributed by atoms with van der Waals surface area (Å²) >= 11 is 2.41. The second kappa shape index (κ2) is 7.66. The first-order chi connectivity index (χ1) is 10.3. The number of carbonyl (C=O) groups excluding carboxylic acids is 1. The van der Waals surface area contributed by atoms with Crippen molar-refractivity contribution in [1.82, 2.24) is 4.90 Å². The highest BCUT2D eigenvalue weighted by molar-refractivity contribution is 14.1. The number of hydrogen-bond donors (Lipinski definition) is 0. The Morgan fingerprint density at radius 3 is 2.36 bits per heavy atom. The van der Waals surface area contributed by atoms with Gasteiger partial charge in [-0.1, -0.05) is 22.6 Å². The lowest BCUT2D eigenvalue weighted by atomic mass is 9.92.